The first-order chi connectivity index (χ1) is 5.40. The number of rotatable bonds is 4. The van der Waals surface area contributed by atoms with Crippen molar-refractivity contribution in [3.63, 3.8) is 0 Å². The van der Waals surface area contributed by atoms with Crippen molar-refractivity contribution in [2.75, 3.05) is 20.3 Å². The molecule has 0 aliphatic heterocycles. The van der Waals surface area contributed by atoms with Gasteiger partial charge in [0.15, 0.2) is 0 Å². The van der Waals surface area contributed by atoms with Crippen molar-refractivity contribution < 1.29 is 4.74 Å². The number of hydrogen-bond donors (Lipinski definition) is 1. The van der Waals surface area contributed by atoms with E-state index in [1.807, 2.05) is 0 Å². The molecular formula is C9H17NO. The van der Waals surface area contributed by atoms with Crippen LogP contribution < -0.4 is 5.32 Å². The van der Waals surface area contributed by atoms with E-state index < -0.39 is 0 Å². The number of fused-ring (bicyclic) bond motifs is 1. The fourth-order valence-electron chi connectivity index (χ4n) is 2.25. The maximum Gasteiger partial charge on any atom is 0.0587 e. The second-order valence-corrected chi connectivity index (χ2v) is 3.87. The summed E-state index contributed by atoms with van der Waals surface area (Å²) in [6, 6.07) is 0.814. The summed E-state index contributed by atoms with van der Waals surface area (Å²) in [4.78, 5) is 0. The molecule has 2 fully saturated rings. The summed E-state index contributed by atoms with van der Waals surface area (Å²) >= 11 is 0. The lowest BCUT2D eigenvalue weighted by atomic mass is 10.2. The van der Waals surface area contributed by atoms with Gasteiger partial charge < -0.3 is 10.1 Å². The topological polar surface area (TPSA) is 21.3 Å². The van der Waals surface area contributed by atoms with E-state index in [1.165, 1.54) is 19.3 Å². The van der Waals surface area contributed by atoms with Crippen molar-refractivity contribution in [3.8, 4) is 0 Å². The van der Waals surface area contributed by atoms with Crippen molar-refractivity contribution >= 4 is 0 Å². The van der Waals surface area contributed by atoms with Crippen LogP contribution in [-0.4, -0.2) is 26.3 Å². The van der Waals surface area contributed by atoms with E-state index in [0.717, 1.165) is 31.0 Å². The van der Waals surface area contributed by atoms with Crippen LogP contribution in [0, 0.1) is 11.8 Å². The molecule has 64 valence electrons. The van der Waals surface area contributed by atoms with Crippen LogP contribution in [0.25, 0.3) is 0 Å². The van der Waals surface area contributed by atoms with E-state index in [2.05, 4.69) is 5.32 Å². The third kappa shape index (κ3) is 1.74. The minimum absolute atomic E-state index is 0.814. The van der Waals surface area contributed by atoms with Crippen LogP contribution in [0.1, 0.15) is 19.3 Å². The Morgan fingerprint density at radius 1 is 1.27 bits per heavy atom. The van der Waals surface area contributed by atoms with Gasteiger partial charge in [-0.05, 0) is 31.1 Å². The summed E-state index contributed by atoms with van der Waals surface area (Å²) in [5.41, 5.74) is 0. The summed E-state index contributed by atoms with van der Waals surface area (Å²) in [7, 11) is 1.76. The fraction of sp³-hybridized carbons (Fsp3) is 1.00. The minimum atomic E-state index is 0.814. The highest BCUT2D eigenvalue weighted by Gasteiger charge is 2.45. The van der Waals surface area contributed by atoms with E-state index >= 15 is 0 Å². The SMILES string of the molecule is COCCNC1CC2CC2C1. The molecule has 0 spiro atoms. The third-order valence-electron chi connectivity index (χ3n) is 2.98. The lowest BCUT2D eigenvalue weighted by molar-refractivity contribution is 0.195. The Balaban J connectivity index is 1.57. The van der Waals surface area contributed by atoms with Crippen molar-refractivity contribution in [1.29, 1.82) is 0 Å². The quantitative estimate of drug-likeness (QED) is 0.612. The summed E-state index contributed by atoms with van der Waals surface area (Å²) in [5, 5.41) is 3.52. The largest absolute Gasteiger partial charge is 0.383 e. The van der Waals surface area contributed by atoms with E-state index in [0.29, 0.717) is 0 Å². The predicted octanol–water partition coefficient (Wildman–Crippen LogP) is 1.02. The number of ether oxygens (including phenoxy) is 1. The molecule has 0 bridgehead atoms. The molecule has 2 atom stereocenters. The molecule has 2 aliphatic carbocycles. The Morgan fingerprint density at radius 2 is 2.00 bits per heavy atom. The van der Waals surface area contributed by atoms with E-state index in [9.17, 15) is 0 Å². The van der Waals surface area contributed by atoms with Gasteiger partial charge in [-0.3, -0.25) is 0 Å². The van der Waals surface area contributed by atoms with Gasteiger partial charge in [0.1, 0.15) is 0 Å². The van der Waals surface area contributed by atoms with Gasteiger partial charge in [0.05, 0.1) is 6.61 Å². The van der Waals surface area contributed by atoms with Gasteiger partial charge in [-0.25, -0.2) is 0 Å². The first kappa shape index (κ1) is 7.56. The summed E-state index contributed by atoms with van der Waals surface area (Å²) in [6.45, 7) is 1.88. The average Bonchev–Trinajstić information content (AvgIpc) is 2.61. The van der Waals surface area contributed by atoms with Gasteiger partial charge >= 0.3 is 0 Å². The van der Waals surface area contributed by atoms with Gasteiger partial charge in [-0.1, -0.05) is 0 Å². The van der Waals surface area contributed by atoms with Crippen LogP contribution in [0.15, 0.2) is 0 Å². The second-order valence-electron chi connectivity index (χ2n) is 3.87. The molecule has 2 unspecified atom stereocenters. The first-order valence-corrected chi connectivity index (χ1v) is 4.62. The van der Waals surface area contributed by atoms with Gasteiger partial charge in [-0.15, -0.1) is 0 Å². The van der Waals surface area contributed by atoms with Gasteiger partial charge in [0.2, 0.25) is 0 Å². The lowest BCUT2D eigenvalue weighted by Crippen LogP contribution is -2.30. The Bertz CT molecular complexity index is 128. The van der Waals surface area contributed by atoms with Crippen LogP contribution >= 0.6 is 0 Å². The minimum Gasteiger partial charge on any atom is -0.383 e. The first-order valence-electron chi connectivity index (χ1n) is 4.62. The number of hydrogen-bond acceptors (Lipinski definition) is 2. The van der Waals surface area contributed by atoms with Crippen LogP contribution in [0.2, 0.25) is 0 Å². The molecule has 0 amide bonds. The lowest BCUT2D eigenvalue weighted by Gasteiger charge is -2.12. The van der Waals surface area contributed by atoms with Gasteiger partial charge in [0, 0.05) is 19.7 Å². The van der Waals surface area contributed by atoms with E-state index in [1.54, 1.807) is 7.11 Å². The number of nitrogens with one attached hydrogen (secondary N) is 1. The number of methoxy groups -OCH3 is 1. The predicted molar refractivity (Wildman–Crippen MR) is 44.5 cm³/mol. The summed E-state index contributed by atoms with van der Waals surface area (Å²) in [6.07, 6.45) is 4.37. The summed E-state index contributed by atoms with van der Waals surface area (Å²) < 4.78 is 4.98. The highest BCUT2D eigenvalue weighted by atomic mass is 16.5. The van der Waals surface area contributed by atoms with Crippen LogP contribution in [0.5, 0.6) is 0 Å². The maximum absolute atomic E-state index is 4.98. The standard InChI is InChI=1S/C9H17NO/c1-11-3-2-10-9-5-7-4-8(7)6-9/h7-10H,2-6H2,1H3. The molecule has 0 heterocycles. The van der Waals surface area contributed by atoms with Gasteiger partial charge in [-0.2, -0.15) is 0 Å². The third-order valence-corrected chi connectivity index (χ3v) is 2.98. The van der Waals surface area contributed by atoms with Crippen LogP contribution in [-0.2, 0) is 4.74 Å². The van der Waals surface area contributed by atoms with Crippen molar-refractivity contribution in [3.05, 3.63) is 0 Å². The second kappa shape index (κ2) is 3.11. The molecule has 1 N–H and O–H groups in total. The Morgan fingerprint density at radius 3 is 2.64 bits per heavy atom. The van der Waals surface area contributed by atoms with Crippen molar-refractivity contribution in [1.82, 2.24) is 5.32 Å². The Labute approximate surface area is 68.3 Å². The molecule has 2 rings (SSSR count). The molecule has 2 nitrogen and oxygen atoms in total. The molecule has 2 aliphatic rings. The molecule has 0 aromatic rings. The van der Waals surface area contributed by atoms with Crippen LogP contribution in [0.4, 0.5) is 0 Å². The molecule has 2 saturated carbocycles. The molecule has 0 aromatic carbocycles. The molecule has 0 radical (unpaired) electrons. The molecule has 0 aromatic heterocycles. The molecule has 11 heavy (non-hydrogen) atoms. The average molecular weight is 155 g/mol. The fourth-order valence-corrected chi connectivity index (χ4v) is 2.25. The smallest absolute Gasteiger partial charge is 0.0587 e. The highest BCUT2D eigenvalue weighted by Crippen LogP contribution is 2.51. The van der Waals surface area contributed by atoms with Crippen molar-refractivity contribution in [2.24, 2.45) is 11.8 Å². The zero-order valence-corrected chi connectivity index (χ0v) is 7.18. The van der Waals surface area contributed by atoms with E-state index in [-0.39, 0.29) is 0 Å². The van der Waals surface area contributed by atoms with E-state index in [4.69, 9.17) is 4.74 Å². The van der Waals surface area contributed by atoms with Crippen molar-refractivity contribution in [2.45, 2.75) is 25.3 Å². The zero-order chi connectivity index (χ0) is 7.68. The maximum atomic E-state index is 4.98. The van der Waals surface area contributed by atoms with Gasteiger partial charge in [0.25, 0.3) is 0 Å². The highest BCUT2D eigenvalue weighted by molar-refractivity contribution is 4.98. The molecule has 0 saturated heterocycles. The zero-order valence-electron chi connectivity index (χ0n) is 7.18. The summed E-state index contributed by atoms with van der Waals surface area (Å²) in [5.74, 6) is 2.19. The molecule has 2 heteroatoms. The normalized spacial score (nSPS) is 40.6. The molecular weight excluding hydrogens is 138 g/mol. The monoisotopic (exact) mass is 155 g/mol. The Kier molecular flexibility index (Phi) is 2.14. The van der Waals surface area contributed by atoms with Crippen LogP contribution in [0.3, 0.4) is 0 Å². The Hall–Kier alpha value is -0.0800.